The highest BCUT2D eigenvalue weighted by Crippen LogP contribution is 2.24. The Morgan fingerprint density at radius 3 is 2.50 bits per heavy atom. The number of aliphatic imine (C=N–C) groups is 1. The van der Waals surface area contributed by atoms with Crippen LogP contribution in [-0.4, -0.2) is 31.8 Å². The van der Waals surface area contributed by atoms with Crippen LogP contribution in [0.4, 0.5) is 0 Å². The molecule has 0 N–H and O–H groups in total. The number of ether oxygens (including phenoxy) is 2. The van der Waals surface area contributed by atoms with Crippen molar-refractivity contribution in [1.82, 2.24) is 0 Å². The summed E-state index contributed by atoms with van der Waals surface area (Å²) in [7, 11) is 0. The van der Waals surface area contributed by atoms with Gasteiger partial charge in [0.1, 0.15) is 0 Å². The topological polar surface area (TPSA) is 30.8 Å². The second-order valence-corrected chi connectivity index (χ2v) is 4.45. The number of hydrogen-bond donors (Lipinski definition) is 0. The standard InChI is InChI=1S/C11H19NO2/c1-8(2)9-3-4-10(12-7-9)11-13-5-6-14-11/h8-9,11H,3-7H2,1-2H3. The normalized spacial score (nSPS) is 29.6. The highest BCUT2D eigenvalue weighted by Gasteiger charge is 2.26. The van der Waals surface area contributed by atoms with E-state index in [1.807, 2.05) is 0 Å². The smallest absolute Gasteiger partial charge is 0.196 e. The number of rotatable bonds is 2. The van der Waals surface area contributed by atoms with Crippen molar-refractivity contribution in [2.45, 2.75) is 33.0 Å². The van der Waals surface area contributed by atoms with E-state index in [0.717, 1.165) is 43.7 Å². The molecule has 0 amide bonds. The van der Waals surface area contributed by atoms with E-state index in [9.17, 15) is 0 Å². The van der Waals surface area contributed by atoms with Gasteiger partial charge in [0, 0.05) is 6.54 Å². The van der Waals surface area contributed by atoms with E-state index >= 15 is 0 Å². The molecule has 2 rings (SSSR count). The average molecular weight is 197 g/mol. The molecule has 1 unspecified atom stereocenters. The van der Waals surface area contributed by atoms with Crippen LogP contribution in [0, 0.1) is 11.8 Å². The van der Waals surface area contributed by atoms with E-state index in [2.05, 4.69) is 18.8 Å². The van der Waals surface area contributed by atoms with Crippen molar-refractivity contribution in [3.05, 3.63) is 0 Å². The Kier molecular flexibility index (Phi) is 3.19. The minimum atomic E-state index is -0.122. The van der Waals surface area contributed by atoms with Gasteiger partial charge in [0.2, 0.25) is 0 Å². The van der Waals surface area contributed by atoms with E-state index < -0.39 is 0 Å². The monoisotopic (exact) mass is 197 g/mol. The molecule has 0 aromatic heterocycles. The van der Waals surface area contributed by atoms with Crippen molar-refractivity contribution in [2.75, 3.05) is 19.8 Å². The van der Waals surface area contributed by atoms with Gasteiger partial charge in [0.05, 0.1) is 18.9 Å². The molecule has 2 heterocycles. The summed E-state index contributed by atoms with van der Waals surface area (Å²) in [6.07, 6.45) is 2.16. The Hall–Kier alpha value is -0.410. The Morgan fingerprint density at radius 2 is 2.00 bits per heavy atom. The van der Waals surface area contributed by atoms with Crippen molar-refractivity contribution in [1.29, 1.82) is 0 Å². The zero-order chi connectivity index (χ0) is 9.97. The number of nitrogens with zero attached hydrogens (tertiary/aromatic N) is 1. The van der Waals surface area contributed by atoms with Crippen LogP contribution in [0.1, 0.15) is 26.7 Å². The zero-order valence-electron chi connectivity index (χ0n) is 9.03. The van der Waals surface area contributed by atoms with Gasteiger partial charge in [0.15, 0.2) is 6.29 Å². The first-order valence-electron chi connectivity index (χ1n) is 5.54. The first-order valence-corrected chi connectivity index (χ1v) is 5.54. The van der Waals surface area contributed by atoms with Crippen molar-refractivity contribution < 1.29 is 9.47 Å². The van der Waals surface area contributed by atoms with Gasteiger partial charge in [-0.25, -0.2) is 0 Å². The van der Waals surface area contributed by atoms with Gasteiger partial charge in [-0.3, -0.25) is 4.99 Å². The van der Waals surface area contributed by atoms with Crippen molar-refractivity contribution in [3.8, 4) is 0 Å². The molecule has 0 aromatic rings. The quantitative estimate of drug-likeness (QED) is 0.676. The molecule has 1 atom stereocenters. The summed E-state index contributed by atoms with van der Waals surface area (Å²) < 4.78 is 10.9. The molecule has 0 aromatic carbocycles. The molecular formula is C11H19NO2. The van der Waals surface area contributed by atoms with Gasteiger partial charge in [-0.1, -0.05) is 13.8 Å². The van der Waals surface area contributed by atoms with E-state index in [0.29, 0.717) is 0 Å². The Bertz CT molecular complexity index is 219. The van der Waals surface area contributed by atoms with Crippen LogP contribution in [0.2, 0.25) is 0 Å². The molecule has 1 fully saturated rings. The maximum absolute atomic E-state index is 5.44. The molecule has 2 aliphatic rings. The fourth-order valence-electron chi connectivity index (χ4n) is 2.03. The second kappa shape index (κ2) is 4.41. The maximum Gasteiger partial charge on any atom is 0.196 e. The van der Waals surface area contributed by atoms with E-state index in [1.165, 1.54) is 6.42 Å². The lowest BCUT2D eigenvalue weighted by Gasteiger charge is -2.25. The lowest BCUT2D eigenvalue weighted by Crippen LogP contribution is -2.28. The molecule has 0 spiro atoms. The molecule has 3 heteroatoms. The molecule has 0 saturated carbocycles. The Balaban J connectivity index is 1.90. The van der Waals surface area contributed by atoms with Crippen molar-refractivity contribution in [2.24, 2.45) is 16.8 Å². The van der Waals surface area contributed by atoms with Crippen molar-refractivity contribution in [3.63, 3.8) is 0 Å². The number of hydrogen-bond acceptors (Lipinski definition) is 3. The summed E-state index contributed by atoms with van der Waals surface area (Å²) in [5.41, 5.74) is 1.12. The Morgan fingerprint density at radius 1 is 1.29 bits per heavy atom. The van der Waals surface area contributed by atoms with Crippen LogP contribution in [0.15, 0.2) is 4.99 Å². The predicted molar refractivity (Wildman–Crippen MR) is 55.6 cm³/mol. The van der Waals surface area contributed by atoms with E-state index in [1.54, 1.807) is 0 Å². The first-order chi connectivity index (χ1) is 6.77. The summed E-state index contributed by atoms with van der Waals surface area (Å²) in [5.74, 6) is 1.49. The lowest BCUT2D eigenvalue weighted by molar-refractivity contribution is 0.0119. The van der Waals surface area contributed by atoms with Gasteiger partial charge >= 0.3 is 0 Å². The highest BCUT2D eigenvalue weighted by molar-refractivity contribution is 5.88. The third-order valence-corrected chi connectivity index (χ3v) is 3.14. The van der Waals surface area contributed by atoms with Crippen LogP contribution in [0.25, 0.3) is 0 Å². The third-order valence-electron chi connectivity index (χ3n) is 3.14. The third kappa shape index (κ3) is 2.15. The molecule has 0 bridgehead atoms. The lowest BCUT2D eigenvalue weighted by atomic mass is 9.88. The van der Waals surface area contributed by atoms with Crippen LogP contribution in [-0.2, 0) is 9.47 Å². The van der Waals surface area contributed by atoms with Crippen LogP contribution in [0.3, 0.4) is 0 Å². The largest absolute Gasteiger partial charge is 0.345 e. The van der Waals surface area contributed by atoms with Gasteiger partial charge < -0.3 is 9.47 Å². The van der Waals surface area contributed by atoms with Crippen LogP contribution in [0.5, 0.6) is 0 Å². The van der Waals surface area contributed by atoms with E-state index in [-0.39, 0.29) is 6.29 Å². The molecular weight excluding hydrogens is 178 g/mol. The van der Waals surface area contributed by atoms with Gasteiger partial charge in [-0.15, -0.1) is 0 Å². The molecule has 2 aliphatic heterocycles. The summed E-state index contributed by atoms with van der Waals surface area (Å²) in [5, 5.41) is 0. The summed E-state index contributed by atoms with van der Waals surface area (Å²) in [4.78, 5) is 4.58. The highest BCUT2D eigenvalue weighted by atomic mass is 16.7. The predicted octanol–water partition coefficient (Wildman–Crippen LogP) is 1.87. The van der Waals surface area contributed by atoms with E-state index in [4.69, 9.17) is 9.47 Å². The average Bonchev–Trinajstić information content (AvgIpc) is 2.71. The molecule has 14 heavy (non-hydrogen) atoms. The molecule has 80 valence electrons. The molecule has 0 aliphatic carbocycles. The fraction of sp³-hybridized carbons (Fsp3) is 0.909. The van der Waals surface area contributed by atoms with Gasteiger partial charge in [-0.2, -0.15) is 0 Å². The fourth-order valence-corrected chi connectivity index (χ4v) is 2.03. The van der Waals surface area contributed by atoms with Crippen LogP contribution < -0.4 is 0 Å². The minimum Gasteiger partial charge on any atom is -0.345 e. The van der Waals surface area contributed by atoms with Crippen LogP contribution >= 0.6 is 0 Å². The maximum atomic E-state index is 5.44. The summed E-state index contributed by atoms with van der Waals surface area (Å²) >= 11 is 0. The Labute approximate surface area is 85.5 Å². The van der Waals surface area contributed by atoms with Gasteiger partial charge in [0.25, 0.3) is 0 Å². The second-order valence-electron chi connectivity index (χ2n) is 4.45. The molecule has 3 nitrogen and oxygen atoms in total. The van der Waals surface area contributed by atoms with Crippen molar-refractivity contribution >= 4 is 5.71 Å². The SMILES string of the molecule is CC(C)C1CCC(C2OCCO2)=NC1. The zero-order valence-corrected chi connectivity index (χ0v) is 9.03. The molecule has 0 radical (unpaired) electrons. The summed E-state index contributed by atoms with van der Waals surface area (Å²) in [6, 6.07) is 0. The minimum absolute atomic E-state index is 0.122. The first kappa shape index (κ1) is 10.1. The summed E-state index contributed by atoms with van der Waals surface area (Å²) in [6.45, 7) is 6.94. The van der Waals surface area contributed by atoms with Gasteiger partial charge in [-0.05, 0) is 24.7 Å². The molecule has 1 saturated heterocycles.